The summed E-state index contributed by atoms with van der Waals surface area (Å²) in [6.45, 7) is 2.18. The Bertz CT molecular complexity index is 1190. The van der Waals surface area contributed by atoms with Crippen LogP contribution in [-0.2, 0) is 22.6 Å². The van der Waals surface area contributed by atoms with E-state index < -0.39 is 28.9 Å². The van der Waals surface area contributed by atoms with E-state index in [1.165, 1.54) is 30.9 Å². The smallest absolute Gasteiger partial charge is 0.274 e. The van der Waals surface area contributed by atoms with Gasteiger partial charge in [0.2, 0.25) is 0 Å². The zero-order valence-corrected chi connectivity index (χ0v) is 17.6. The second kappa shape index (κ2) is 7.59. The van der Waals surface area contributed by atoms with Gasteiger partial charge in [0, 0.05) is 11.1 Å². The Morgan fingerprint density at radius 2 is 1.53 bits per heavy atom. The fourth-order valence-electron chi connectivity index (χ4n) is 4.53. The molecule has 0 N–H and O–H groups in total. The zero-order valence-electron chi connectivity index (χ0n) is 17.6. The van der Waals surface area contributed by atoms with Crippen LogP contribution in [0.4, 0.5) is 17.6 Å². The second-order valence-corrected chi connectivity index (χ2v) is 8.48. The molecule has 1 aliphatic carbocycles. The average molecular weight is 438 g/mol. The summed E-state index contributed by atoms with van der Waals surface area (Å²) in [6.07, 6.45) is 7.75. The quantitative estimate of drug-likeness (QED) is 0.167. The molecule has 0 saturated carbocycles. The number of aryl methyl sites for hydroxylation is 1. The summed E-state index contributed by atoms with van der Waals surface area (Å²) in [5, 5.41) is 0. The molecular formula is C27H22F4O. The molecule has 3 aromatic carbocycles. The summed E-state index contributed by atoms with van der Waals surface area (Å²) in [4.78, 5) is 0. The summed E-state index contributed by atoms with van der Waals surface area (Å²) in [5.41, 5.74) is 2.41. The number of halogens is 4. The van der Waals surface area contributed by atoms with E-state index in [9.17, 15) is 13.2 Å². The first-order valence-corrected chi connectivity index (χ1v) is 10.8. The van der Waals surface area contributed by atoms with Crippen molar-refractivity contribution in [1.29, 1.82) is 0 Å². The van der Waals surface area contributed by atoms with Crippen LogP contribution in [-0.4, -0.2) is 0 Å². The Kier molecular flexibility index (Phi) is 4.97. The standard InChI is InChI=1S/C27H22F4O/c1-2-3-4-5-17-6-8-18(9-7-17)19-10-11-22-20(14-19)12-13-26(27(22,31)32-26)21-15-23(28)25(30)24(29)16-21/h6-16H,2-5H2,1H3. The van der Waals surface area contributed by atoms with Crippen LogP contribution in [0.1, 0.15) is 48.4 Å². The number of alkyl halides is 1. The van der Waals surface area contributed by atoms with E-state index in [4.69, 9.17) is 4.74 Å². The van der Waals surface area contributed by atoms with Crippen molar-refractivity contribution in [2.75, 3.05) is 0 Å². The number of epoxide rings is 1. The van der Waals surface area contributed by atoms with E-state index >= 15 is 4.39 Å². The second-order valence-electron chi connectivity index (χ2n) is 8.48. The van der Waals surface area contributed by atoms with Crippen molar-refractivity contribution in [2.24, 2.45) is 0 Å². The first-order chi connectivity index (χ1) is 15.4. The van der Waals surface area contributed by atoms with Gasteiger partial charge in [0.25, 0.3) is 5.85 Å². The van der Waals surface area contributed by atoms with E-state index in [-0.39, 0.29) is 11.1 Å². The molecule has 1 aliphatic heterocycles. The van der Waals surface area contributed by atoms with Crippen molar-refractivity contribution in [3.63, 3.8) is 0 Å². The molecule has 1 fully saturated rings. The van der Waals surface area contributed by atoms with Crippen molar-refractivity contribution in [2.45, 2.75) is 44.1 Å². The van der Waals surface area contributed by atoms with Crippen LogP contribution in [0.15, 0.2) is 60.7 Å². The summed E-state index contributed by atoms with van der Waals surface area (Å²) in [5.74, 6) is -6.59. The number of ether oxygens (including phenoxy) is 1. The molecule has 164 valence electrons. The molecule has 2 aliphatic rings. The Hall–Kier alpha value is -2.92. The monoisotopic (exact) mass is 438 g/mol. The van der Waals surface area contributed by atoms with Gasteiger partial charge in [-0.3, -0.25) is 0 Å². The molecule has 0 radical (unpaired) electrons. The van der Waals surface area contributed by atoms with Crippen molar-refractivity contribution in [3.8, 4) is 11.1 Å². The maximum atomic E-state index is 15.8. The molecular weight excluding hydrogens is 416 g/mol. The number of hydrogen-bond donors (Lipinski definition) is 0. The lowest BCUT2D eigenvalue weighted by atomic mass is 9.82. The predicted molar refractivity (Wildman–Crippen MR) is 116 cm³/mol. The summed E-state index contributed by atoms with van der Waals surface area (Å²) < 4.78 is 62.0. The lowest BCUT2D eigenvalue weighted by molar-refractivity contribution is 0.140. The molecule has 1 saturated heterocycles. The minimum Gasteiger partial charge on any atom is -0.317 e. The molecule has 1 heterocycles. The minimum absolute atomic E-state index is 0.0963. The highest BCUT2D eigenvalue weighted by Gasteiger charge is 2.74. The summed E-state index contributed by atoms with van der Waals surface area (Å²) in [6, 6.07) is 15.2. The Morgan fingerprint density at radius 3 is 2.22 bits per heavy atom. The van der Waals surface area contributed by atoms with Crippen LogP contribution in [0.25, 0.3) is 17.2 Å². The number of benzene rings is 3. The predicted octanol–water partition coefficient (Wildman–Crippen LogP) is 7.58. The topological polar surface area (TPSA) is 12.5 Å². The van der Waals surface area contributed by atoms with E-state index in [0.29, 0.717) is 5.56 Å². The highest BCUT2D eigenvalue weighted by atomic mass is 19.2. The molecule has 0 amide bonds. The third kappa shape index (κ3) is 3.18. The minimum atomic E-state index is -2.25. The normalized spacial score (nSPS) is 23.0. The Labute approximate surface area is 184 Å². The molecule has 2 atom stereocenters. The number of unbranched alkanes of at least 4 members (excludes halogenated alkanes) is 2. The molecule has 0 aromatic heterocycles. The molecule has 32 heavy (non-hydrogen) atoms. The van der Waals surface area contributed by atoms with E-state index in [1.807, 2.05) is 12.1 Å². The van der Waals surface area contributed by atoms with Crippen molar-refractivity contribution in [1.82, 2.24) is 0 Å². The maximum Gasteiger partial charge on any atom is 0.274 e. The zero-order chi connectivity index (χ0) is 22.5. The van der Waals surface area contributed by atoms with Gasteiger partial charge in [0.1, 0.15) is 0 Å². The molecule has 1 nitrogen and oxygen atoms in total. The van der Waals surface area contributed by atoms with Crippen molar-refractivity contribution in [3.05, 3.63) is 100 Å². The Balaban J connectivity index is 1.44. The van der Waals surface area contributed by atoms with Crippen molar-refractivity contribution >= 4 is 6.08 Å². The molecule has 3 aromatic rings. The number of fused-ring (bicyclic) bond motifs is 3. The van der Waals surface area contributed by atoms with Gasteiger partial charge in [-0.1, -0.05) is 62.2 Å². The SMILES string of the molecule is CCCCCc1ccc(-c2ccc3c(c2)C=CC2(c4cc(F)c(F)c(F)c4)OC32F)cc1. The molecule has 5 rings (SSSR count). The summed E-state index contributed by atoms with van der Waals surface area (Å²) >= 11 is 0. The van der Waals surface area contributed by atoms with Crippen LogP contribution in [0, 0.1) is 17.5 Å². The third-order valence-electron chi connectivity index (χ3n) is 6.40. The highest BCUT2D eigenvalue weighted by molar-refractivity contribution is 5.73. The van der Waals surface area contributed by atoms with Crippen LogP contribution in [0.5, 0.6) is 0 Å². The van der Waals surface area contributed by atoms with Gasteiger partial charge in [-0.25, -0.2) is 17.6 Å². The summed E-state index contributed by atoms with van der Waals surface area (Å²) in [7, 11) is 0. The van der Waals surface area contributed by atoms with E-state index in [2.05, 4.69) is 31.2 Å². The van der Waals surface area contributed by atoms with Gasteiger partial charge >= 0.3 is 0 Å². The van der Waals surface area contributed by atoms with Crippen LogP contribution >= 0.6 is 0 Å². The molecule has 0 bridgehead atoms. The van der Waals surface area contributed by atoms with Gasteiger partial charge in [-0.15, -0.1) is 0 Å². The highest BCUT2D eigenvalue weighted by Crippen LogP contribution is 2.67. The van der Waals surface area contributed by atoms with Crippen LogP contribution in [0.3, 0.4) is 0 Å². The molecule has 0 spiro atoms. The van der Waals surface area contributed by atoms with Gasteiger partial charge < -0.3 is 4.74 Å². The van der Waals surface area contributed by atoms with Gasteiger partial charge in [-0.05, 0) is 59.4 Å². The van der Waals surface area contributed by atoms with Gasteiger partial charge in [0.05, 0.1) is 0 Å². The first-order valence-electron chi connectivity index (χ1n) is 10.8. The van der Waals surface area contributed by atoms with E-state index in [0.717, 1.165) is 29.7 Å². The number of rotatable bonds is 6. The lowest BCUT2D eigenvalue weighted by Gasteiger charge is -2.19. The Morgan fingerprint density at radius 1 is 0.844 bits per heavy atom. The average Bonchev–Trinajstić information content (AvgIpc) is 3.45. The molecule has 2 unspecified atom stereocenters. The third-order valence-corrected chi connectivity index (χ3v) is 6.40. The van der Waals surface area contributed by atoms with Gasteiger partial charge in [0.15, 0.2) is 23.1 Å². The van der Waals surface area contributed by atoms with Gasteiger partial charge in [-0.2, -0.15) is 0 Å². The molecule has 5 heteroatoms. The first kappa shape index (κ1) is 21.0. The number of hydrogen-bond acceptors (Lipinski definition) is 1. The van der Waals surface area contributed by atoms with Crippen LogP contribution in [0.2, 0.25) is 0 Å². The van der Waals surface area contributed by atoms with Crippen LogP contribution < -0.4 is 0 Å². The van der Waals surface area contributed by atoms with Crippen molar-refractivity contribution < 1.29 is 22.3 Å². The largest absolute Gasteiger partial charge is 0.317 e. The fourth-order valence-corrected chi connectivity index (χ4v) is 4.53. The lowest BCUT2D eigenvalue weighted by Crippen LogP contribution is -2.21. The maximum absolute atomic E-state index is 15.8. The fraction of sp³-hybridized carbons (Fsp3) is 0.259. The van der Waals surface area contributed by atoms with E-state index in [1.54, 1.807) is 12.1 Å².